The molecule has 0 bridgehead atoms. The minimum absolute atomic E-state index is 0.163. The van der Waals surface area contributed by atoms with Gasteiger partial charge in [0.05, 0.1) is 5.92 Å². The maximum atomic E-state index is 11.5. The van der Waals surface area contributed by atoms with Crippen LogP contribution in [0.15, 0.2) is 12.2 Å². The van der Waals surface area contributed by atoms with E-state index in [1.165, 1.54) is 0 Å². The summed E-state index contributed by atoms with van der Waals surface area (Å²) in [7, 11) is 0. The molecule has 0 aliphatic heterocycles. The van der Waals surface area contributed by atoms with Crippen molar-refractivity contribution in [3.8, 4) is 0 Å². The second-order valence-electron chi connectivity index (χ2n) is 4.12. The highest BCUT2D eigenvalue weighted by atomic mass is 16.4. The van der Waals surface area contributed by atoms with Crippen LogP contribution in [0, 0.1) is 5.92 Å². The van der Waals surface area contributed by atoms with Crippen molar-refractivity contribution >= 4 is 11.9 Å². The van der Waals surface area contributed by atoms with Crippen LogP contribution >= 0.6 is 0 Å². The maximum absolute atomic E-state index is 11.5. The van der Waals surface area contributed by atoms with Gasteiger partial charge in [0, 0.05) is 12.1 Å². The molecule has 0 aromatic rings. The van der Waals surface area contributed by atoms with Crippen molar-refractivity contribution < 1.29 is 14.7 Å². The summed E-state index contributed by atoms with van der Waals surface area (Å²) in [6.07, 6.45) is 4.52. The fraction of sp³-hybridized carbons (Fsp3) is 0.692. The third kappa shape index (κ3) is 6.09. The van der Waals surface area contributed by atoms with Gasteiger partial charge in [-0.3, -0.25) is 9.59 Å². The second kappa shape index (κ2) is 8.79. The van der Waals surface area contributed by atoms with Crippen molar-refractivity contribution in [1.29, 1.82) is 0 Å². The number of amides is 1. The number of carboxylic acids is 1. The Morgan fingerprint density at radius 3 is 2.35 bits per heavy atom. The van der Waals surface area contributed by atoms with Gasteiger partial charge in [0.1, 0.15) is 0 Å². The summed E-state index contributed by atoms with van der Waals surface area (Å²) in [6, 6.07) is 0. The molecule has 0 rings (SSSR count). The average Bonchev–Trinajstić information content (AvgIpc) is 2.28. The van der Waals surface area contributed by atoms with E-state index in [-0.39, 0.29) is 11.5 Å². The predicted octanol–water partition coefficient (Wildman–Crippen LogP) is 2.35. The number of rotatable bonds is 9. The first-order valence-corrected chi connectivity index (χ1v) is 6.24. The van der Waals surface area contributed by atoms with E-state index in [2.05, 4.69) is 18.8 Å². The van der Waals surface area contributed by atoms with Crippen LogP contribution in [0.4, 0.5) is 0 Å². The number of aliphatic carboxylic acids is 1. The van der Waals surface area contributed by atoms with E-state index in [0.29, 0.717) is 13.0 Å². The van der Waals surface area contributed by atoms with Crippen molar-refractivity contribution in [2.24, 2.45) is 5.92 Å². The summed E-state index contributed by atoms with van der Waals surface area (Å²) in [4.78, 5) is 22.6. The normalized spacial score (nSPS) is 11.9. The molecule has 0 aliphatic rings. The highest BCUT2D eigenvalue weighted by Crippen LogP contribution is 2.18. The van der Waals surface area contributed by atoms with Gasteiger partial charge < -0.3 is 10.4 Å². The molecule has 2 N–H and O–H groups in total. The molecule has 0 saturated carbocycles. The third-order valence-corrected chi connectivity index (χ3v) is 2.69. The Morgan fingerprint density at radius 2 is 1.88 bits per heavy atom. The molecule has 0 aromatic carbocycles. The highest BCUT2D eigenvalue weighted by molar-refractivity contribution is 5.98. The zero-order valence-corrected chi connectivity index (χ0v) is 10.8. The Kier molecular flexibility index (Phi) is 8.11. The van der Waals surface area contributed by atoms with E-state index in [4.69, 9.17) is 5.11 Å². The van der Waals surface area contributed by atoms with Crippen molar-refractivity contribution in [2.75, 3.05) is 6.54 Å². The van der Waals surface area contributed by atoms with Gasteiger partial charge in [-0.15, -0.1) is 0 Å². The molecular formula is C13H23NO3. The molecule has 0 radical (unpaired) electrons. The molecule has 17 heavy (non-hydrogen) atoms. The summed E-state index contributed by atoms with van der Waals surface area (Å²) in [5, 5.41) is 11.7. The molecule has 0 aromatic heterocycles. The molecule has 98 valence electrons. The molecule has 1 atom stereocenters. The van der Waals surface area contributed by atoms with Gasteiger partial charge in [-0.2, -0.15) is 0 Å². The van der Waals surface area contributed by atoms with Crippen LogP contribution in [-0.4, -0.2) is 23.5 Å². The zero-order chi connectivity index (χ0) is 13.3. The number of carbonyl (C=O) groups excluding carboxylic acids is 1. The molecular weight excluding hydrogens is 218 g/mol. The van der Waals surface area contributed by atoms with Crippen LogP contribution in [0.1, 0.15) is 46.0 Å². The Labute approximate surface area is 103 Å². The largest absolute Gasteiger partial charge is 0.481 e. The van der Waals surface area contributed by atoms with E-state index >= 15 is 0 Å². The second-order valence-corrected chi connectivity index (χ2v) is 4.12. The maximum Gasteiger partial charge on any atom is 0.311 e. The number of carbonyl (C=O) groups is 2. The smallest absolute Gasteiger partial charge is 0.311 e. The first-order valence-electron chi connectivity index (χ1n) is 6.24. The van der Waals surface area contributed by atoms with Gasteiger partial charge >= 0.3 is 5.97 Å². The molecule has 1 amide bonds. The number of hydrogen-bond donors (Lipinski definition) is 2. The third-order valence-electron chi connectivity index (χ3n) is 2.69. The summed E-state index contributed by atoms with van der Waals surface area (Å²) < 4.78 is 0. The van der Waals surface area contributed by atoms with Crippen LogP contribution in [0.2, 0.25) is 0 Å². The summed E-state index contributed by atoms with van der Waals surface area (Å²) >= 11 is 0. The molecule has 0 fully saturated rings. The van der Waals surface area contributed by atoms with Gasteiger partial charge in [0.2, 0.25) is 5.91 Å². The fourth-order valence-corrected chi connectivity index (χ4v) is 1.65. The predicted molar refractivity (Wildman–Crippen MR) is 67.7 cm³/mol. The van der Waals surface area contributed by atoms with Gasteiger partial charge in [-0.1, -0.05) is 39.2 Å². The van der Waals surface area contributed by atoms with Gasteiger partial charge in [-0.25, -0.2) is 0 Å². The van der Waals surface area contributed by atoms with E-state index in [0.717, 1.165) is 25.7 Å². The van der Waals surface area contributed by atoms with Gasteiger partial charge in [-0.05, 0) is 13.3 Å². The van der Waals surface area contributed by atoms with Crippen LogP contribution < -0.4 is 5.32 Å². The Balaban J connectivity index is 4.27. The van der Waals surface area contributed by atoms with Crippen molar-refractivity contribution in [3.63, 3.8) is 0 Å². The standard InChI is InChI=1S/C13H23NO3/c1-4-6-7-8-9-11(13(16)17)10(3)12(15)14-5-2/h11H,3-9H2,1-2H3,(H,14,15)(H,16,17). The lowest BCUT2D eigenvalue weighted by atomic mass is 9.93. The minimum atomic E-state index is -0.960. The van der Waals surface area contributed by atoms with E-state index < -0.39 is 11.9 Å². The number of unbranched alkanes of at least 4 members (excludes halogenated alkanes) is 3. The quantitative estimate of drug-likeness (QED) is 0.481. The first kappa shape index (κ1) is 15.7. The van der Waals surface area contributed by atoms with Crippen LogP contribution in [0.5, 0.6) is 0 Å². The fourth-order valence-electron chi connectivity index (χ4n) is 1.65. The molecule has 0 spiro atoms. The van der Waals surface area contributed by atoms with Gasteiger partial charge in [0.25, 0.3) is 0 Å². The Bertz CT molecular complexity index is 274. The number of likely N-dealkylation sites (N-methyl/N-ethyl adjacent to an activating group) is 1. The topological polar surface area (TPSA) is 66.4 Å². The molecule has 0 saturated heterocycles. The van der Waals surface area contributed by atoms with E-state index in [1.54, 1.807) is 6.92 Å². The Hall–Kier alpha value is -1.32. The Morgan fingerprint density at radius 1 is 1.24 bits per heavy atom. The average molecular weight is 241 g/mol. The molecule has 1 unspecified atom stereocenters. The minimum Gasteiger partial charge on any atom is -0.481 e. The summed E-state index contributed by atoms with van der Waals surface area (Å²) in [5.74, 6) is -2.06. The lowest BCUT2D eigenvalue weighted by molar-refractivity contribution is -0.141. The lowest BCUT2D eigenvalue weighted by Crippen LogP contribution is -2.30. The number of nitrogens with one attached hydrogen (secondary N) is 1. The van der Waals surface area contributed by atoms with E-state index in [1.807, 2.05) is 0 Å². The summed E-state index contributed by atoms with van der Waals surface area (Å²) in [5.41, 5.74) is 0.163. The SMILES string of the molecule is C=C(C(=O)NCC)C(CCCCCC)C(=O)O. The van der Waals surface area contributed by atoms with Gasteiger partial charge in [0.15, 0.2) is 0 Å². The van der Waals surface area contributed by atoms with Crippen molar-refractivity contribution in [3.05, 3.63) is 12.2 Å². The number of hydrogen-bond acceptors (Lipinski definition) is 2. The highest BCUT2D eigenvalue weighted by Gasteiger charge is 2.24. The monoisotopic (exact) mass is 241 g/mol. The van der Waals surface area contributed by atoms with Crippen LogP contribution in [-0.2, 0) is 9.59 Å². The molecule has 0 aliphatic carbocycles. The molecule has 0 heterocycles. The first-order chi connectivity index (χ1) is 8.04. The lowest BCUT2D eigenvalue weighted by Gasteiger charge is -2.14. The van der Waals surface area contributed by atoms with Crippen LogP contribution in [0.3, 0.4) is 0 Å². The van der Waals surface area contributed by atoms with Crippen LogP contribution in [0.25, 0.3) is 0 Å². The molecule has 4 nitrogen and oxygen atoms in total. The van der Waals surface area contributed by atoms with Crippen molar-refractivity contribution in [1.82, 2.24) is 5.32 Å². The molecule has 4 heteroatoms. The summed E-state index contributed by atoms with van der Waals surface area (Å²) in [6.45, 7) is 7.98. The number of carboxylic acid groups (broad SMARTS) is 1. The zero-order valence-electron chi connectivity index (χ0n) is 10.8. The van der Waals surface area contributed by atoms with Crippen molar-refractivity contribution in [2.45, 2.75) is 46.0 Å². The van der Waals surface area contributed by atoms with E-state index in [9.17, 15) is 9.59 Å².